The number of rotatable bonds is 3. The lowest BCUT2D eigenvalue weighted by Gasteiger charge is -2.34. The summed E-state index contributed by atoms with van der Waals surface area (Å²) in [5.74, 6) is 0.873. The quantitative estimate of drug-likeness (QED) is 0.713. The fourth-order valence-electron chi connectivity index (χ4n) is 3.04. The van der Waals surface area contributed by atoms with E-state index in [-0.39, 0.29) is 17.8 Å². The first-order valence-electron chi connectivity index (χ1n) is 8.35. The molecule has 26 heavy (non-hydrogen) atoms. The molecule has 8 heteroatoms. The van der Waals surface area contributed by atoms with Crippen LogP contribution in [0.2, 0.25) is 0 Å². The van der Waals surface area contributed by atoms with Crippen LogP contribution in [-0.2, 0) is 4.74 Å². The van der Waals surface area contributed by atoms with E-state index in [1.54, 1.807) is 11.8 Å². The summed E-state index contributed by atoms with van der Waals surface area (Å²) >= 11 is 0. The lowest BCUT2D eigenvalue weighted by molar-refractivity contribution is -0.0814. The van der Waals surface area contributed by atoms with Crippen LogP contribution in [0.3, 0.4) is 0 Å². The first-order chi connectivity index (χ1) is 12.6. The standard InChI is InChI=1S/C18H18N4O4/c1-11-8-22(9-14(25-11)17-20-12(2)21-26-17)18(23)16-15(19-10-24-16)13-6-4-3-5-7-13/h3-7,10-11,14H,8-9H2,1-2H3/t11-,14-/m1/s1. The topological polar surface area (TPSA) is 94.5 Å². The van der Waals surface area contributed by atoms with Gasteiger partial charge in [0.25, 0.3) is 11.8 Å². The van der Waals surface area contributed by atoms with Gasteiger partial charge in [0, 0.05) is 12.1 Å². The van der Waals surface area contributed by atoms with Crippen molar-refractivity contribution in [3.8, 4) is 11.3 Å². The average Bonchev–Trinajstić information content (AvgIpc) is 3.30. The second kappa shape index (κ2) is 6.72. The molecule has 1 amide bonds. The number of carbonyl (C=O) groups is 1. The lowest BCUT2D eigenvalue weighted by atomic mass is 10.1. The van der Waals surface area contributed by atoms with Crippen molar-refractivity contribution in [1.29, 1.82) is 0 Å². The highest BCUT2D eigenvalue weighted by Gasteiger charge is 2.35. The van der Waals surface area contributed by atoms with E-state index in [4.69, 9.17) is 13.7 Å². The van der Waals surface area contributed by atoms with Gasteiger partial charge in [0.05, 0.1) is 12.6 Å². The number of hydrogen-bond acceptors (Lipinski definition) is 7. The van der Waals surface area contributed by atoms with E-state index in [1.807, 2.05) is 37.3 Å². The average molecular weight is 354 g/mol. The van der Waals surface area contributed by atoms with Gasteiger partial charge in [-0.3, -0.25) is 4.79 Å². The Kier molecular flexibility index (Phi) is 4.26. The zero-order valence-corrected chi connectivity index (χ0v) is 14.5. The third-order valence-corrected chi connectivity index (χ3v) is 4.18. The summed E-state index contributed by atoms with van der Waals surface area (Å²) in [5, 5.41) is 3.79. The summed E-state index contributed by atoms with van der Waals surface area (Å²) in [4.78, 5) is 23.2. The van der Waals surface area contributed by atoms with Gasteiger partial charge in [-0.15, -0.1) is 0 Å². The second-order valence-corrected chi connectivity index (χ2v) is 6.22. The third kappa shape index (κ3) is 3.11. The molecule has 0 saturated carbocycles. The molecule has 0 spiro atoms. The maximum absolute atomic E-state index is 13.1. The summed E-state index contributed by atoms with van der Waals surface area (Å²) in [6, 6.07) is 9.47. The van der Waals surface area contributed by atoms with E-state index in [2.05, 4.69) is 15.1 Å². The van der Waals surface area contributed by atoms with Gasteiger partial charge in [0.15, 0.2) is 18.3 Å². The zero-order chi connectivity index (χ0) is 18.1. The molecule has 4 rings (SSSR count). The maximum Gasteiger partial charge on any atom is 0.292 e. The lowest BCUT2D eigenvalue weighted by Crippen LogP contribution is -2.46. The molecule has 1 aliphatic rings. The minimum atomic E-state index is -0.466. The predicted octanol–water partition coefficient (Wildman–Crippen LogP) is 2.64. The largest absolute Gasteiger partial charge is 0.438 e. The fraction of sp³-hybridized carbons (Fsp3) is 0.333. The normalized spacial score (nSPS) is 20.3. The van der Waals surface area contributed by atoms with Crippen LogP contribution < -0.4 is 0 Å². The molecular weight excluding hydrogens is 336 g/mol. The van der Waals surface area contributed by atoms with Gasteiger partial charge >= 0.3 is 0 Å². The van der Waals surface area contributed by atoms with Crippen LogP contribution in [0.4, 0.5) is 0 Å². The Morgan fingerprint density at radius 2 is 2.04 bits per heavy atom. The maximum atomic E-state index is 13.1. The van der Waals surface area contributed by atoms with Gasteiger partial charge in [-0.2, -0.15) is 4.98 Å². The van der Waals surface area contributed by atoms with Crippen molar-refractivity contribution in [1.82, 2.24) is 20.0 Å². The highest BCUT2D eigenvalue weighted by molar-refractivity contribution is 5.97. The Balaban J connectivity index is 1.59. The molecule has 1 aromatic carbocycles. The van der Waals surface area contributed by atoms with Gasteiger partial charge in [-0.1, -0.05) is 35.5 Å². The molecule has 3 aromatic rings. The van der Waals surface area contributed by atoms with Crippen LogP contribution in [0.25, 0.3) is 11.3 Å². The molecule has 8 nitrogen and oxygen atoms in total. The van der Waals surface area contributed by atoms with Crippen molar-refractivity contribution < 1.29 is 18.5 Å². The number of oxazole rings is 1. The predicted molar refractivity (Wildman–Crippen MR) is 90.2 cm³/mol. The van der Waals surface area contributed by atoms with Crippen molar-refractivity contribution in [2.24, 2.45) is 0 Å². The van der Waals surface area contributed by atoms with Gasteiger partial charge in [-0.25, -0.2) is 4.98 Å². The summed E-state index contributed by atoms with van der Waals surface area (Å²) < 4.78 is 16.5. The summed E-state index contributed by atoms with van der Waals surface area (Å²) in [6.07, 6.45) is 0.651. The number of ether oxygens (including phenoxy) is 1. The first-order valence-corrected chi connectivity index (χ1v) is 8.35. The number of nitrogens with zero attached hydrogens (tertiary/aromatic N) is 4. The number of amides is 1. The Labute approximate surface area is 149 Å². The van der Waals surface area contributed by atoms with E-state index >= 15 is 0 Å². The van der Waals surface area contributed by atoms with E-state index in [9.17, 15) is 4.79 Å². The number of carbonyl (C=O) groups excluding carboxylic acids is 1. The number of morpholine rings is 1. The molecule has 2 atom stereocenters. The number of aryl methyl sites for hydroxylation is 1. The van der Waals surface area contributed by atoms with Gasteiger partial charge < -0.3 is 18.6 Å². The van der Waals surface area contributed by atoms with Gasteiger partial charge in [0.1, 0.15) is 5.69 Å². The van der Waals surface area contributed by atoms with Crippen LogP contribution in [0.5, 0.6) is 0 Å². The smallest absolute Gasteiger partial charge is 0.292 e. The molecule has 0 N–H and O–H groups in total. The Hall–Kier alpha value is -3.00. The second-order valence-electron chi connectivity index (χ2n) is 6.22. The summed E-state index contributed by atoms with van der Waals surface area (Å²) in [5.41, 5.74) is 1.36. The molecule has 134 valence electrons. The minimum absolute atomic E-state index is 0.173. The summed E-state index contributed by atoms with van der Waals surface area (Å²) in [7, 11) is 0. The Morgan fingerprint density at radius 3 is 2.77 bits per heavy atom. The molecular formula is C18H18N4O4. The SMILES string of the molecule is Cc1noc([C@H]2CN(C(=O)c3ocnc3-c3ccccc3)C[C@@H](C)O2)n1. The first kappa shape index (κ1) is 16.5. The molecule has 2 aromatic heterocycles. The van der Waals surface area contributed by atoms with Crippen LogP contribution in [0.1, 0.15) is 35.3 Å². The fourth-order valence-corrected chi connectivity index (χ4v) is 3.04. The molecule has 1 fully saturated rings. The van der Waals surface area contributed by atoms with E-state index in [1.165, 1.54) is 6.39 Å². The number of hydrogen-bond donors (Lipinski definition) is 0. The van der Waals surface area contributed by atoms with Crippen molar-refractivity contribution >= 4 is 5.91 Å². The van der Waals surface area contributed by atoms with Crippen LogP contribution in [-0.4, -0.2) is 45.1 Å². The van der Waals surface area contributed by atoms with Crippen molar-refractivity contribution in [3.05, 3.63) is 54.2 Å². The summed E-state index contributed by atoms with van der Waals surface area (Å²) in [6.45, 7) is 4.38. The van der Waals surface area contributed by atoms with Crippen molar-refractivity contribution in [3.63, 3.8) is 0 Å². The zero-order valence-electron chi connectivity index (χ0n) is 14.5. The van der Waals surface area contributed by atoms with E-state index in [0.29, 0.717) is 30.5 Å². The van der Waals surface area contributed by atoms with Crippen molar-refractivity contribution in [2.45, 2.75) is 26.1 Å². The Morgan fingerprint density at radius 1 is 1.23 bits per heavy atom. The highest BCUT2D eigenvalue weighted by Crippen LogP contribution is 2.28. The van der Waals surface area contributed by atoms with Crippen LogP contribution in [0.15, 0.2) is 45.7 Å². The molecule has 1 saturated heterocycles. The molecule has 0 aliphatic carbocycles. The monoisotopic (exact) mass is 354 g/mol. The molecule has 0 unspecified atom stereocenters. The van der Waals surface area contributed by atoms with Crippen LogP contribution in [0, 0.1) is 6.92 Å². The molecule has 0 bridgehead atoms. The Bertz CT molecular complexity index is 905. The van der Waals surface area contributed by atoms with E-state index < -0.39 is 6.10 Å². The highest BCUT2D eigenvalue weighted by atomic mass is 16.5. The number of aromatic nitrogens is 3. The van der Waals surface area contributed by atoms with Gasteiger partial charge in [0.2, 0.25) is 5.76 Å². The van der Waals surface area contributed by atoms with Crippen molar-refractivity contribution in [2.75, 3.05) is 13.1 Å². The van der Waals surface area contributed by atoms with Gasteiger partial charge in [-0.05, 0) is 13.8 Å². The number of benzene rings is 1. The molecule has 3 heterocycles. The van der Waals surface area contributed by atoms with Crippen LogP contribution >= 0.6 is 0 Å². The third-order valence-electron chi connectivity index (χ3n) is 4.18. The molecule has 1 aliphatic heterocycles. The molecule has 0 radical (unpaired) electrons. The minimum Gasteiger partial charge on any atom is -0.438 e. The van der Waals surface area contributed by atoms with E-state index in [0.717, 1.165) is 5.56 Å².